The molecular formula is C8H11N2O4+. The maximum absolute atomic E-state index is 11.5. The molecule has 1 rings (SSSR count). The Morgan fingerprint density at radius 3 is 2.07 bits per heavy atom. The van der Waals surface area contributed by atoms with E-state index in [-0.39, 0.29) is 6.54 Å². The van der Waals surface area contributed by atoms with E-state index < -0.39 is 34.7 Å². The first-order valence-corrected chi connectivity index (χ1v) is 4.11. The number of imide groups is 3. The number of rotatable bonds is 0. The Balaban J connectivity index is 3.18. The van der Waals surface area contributed by atoms with Crippen LogP contribution < -0.4 is 5.32 Å². The van der Waals surface area contributed by atoms with Crippen LogP contribution in [-0.2, 0) is 19.2 Å². The smallest absolute Gasteiger partial charge is 0.338 e. The van der Waals surface area contributed by atoms with Crippen LogP contribution in [0.15, 0.2) is 0 Å². The van der Waals surface area contributed by atoms with Crippen molar-refractivity contribution in [1.82, 2.24) is 5.32 Å². The summed E-state index contributed by atoms with van der Waals surface area (Å²) in [5, 5.41) is 2.29. The van der Waals surface area contributed by atoms with Gasteiger partial charge < -0.3 is 5.32 Å². The Bertz CT molecular complexity index is 320. The molecule has 0 bridgehead atoms. The van der Waals surface area contributed by atoms with Crippen LogP contribution in [0.4, 0.5) is 0 Å². The van der Waals surface area contributed by atoms with Gasteiger partial charge in [0.1, 0.15) is 6.54 Å². The topological polar surface area (TPSA) is 80.3 Å². The molecule has 4 amide bonds. The number of amides is 4. The molecule has 0 radical (unpaired) electrons. The van der Waals surface area contributed by atoms with Crippen molar-refractivity contribution in [3.8, 4) is 0 Å². The van der Waals surface area contributed by atoms with Crippen LogP contribution in [-0.4, -0.2) is 41.2 Å². The maximum Gasteiger partial charge on any atom is 0.348 e. The van der Waals surface area contributed by atoms with Crippen LogP contribution in [0.2, 0.25) is 0 Å². The van der Waals surface area contributed by atoms with Crippen molar-refractivity contribution in [3.63, 3.8) is 0 Å². The first-order valence-electron chi connectivity index (χ1n) is 4.11. The van der Waals surface area contributed by atoms with Crippen LogP contribution >= 0.6 is 0 Å². The molecule has 0 atom stereocenters. The number of hydrogen-bond donors (Lipinski definition) is 1. The number of nitrogens with zero attached hydrogens (tertiary/aromatic N) is 1. The summed E-state index contributed by atoms with van der Waals surface area (Å²) < 4.78 is -0.994. The molecule has 0 unspecified atom stereocenters. The number of quaternary nitrogens is 1. The number of carbonyl (C=O) groups is 4. The fourth-order valence-electron chi connectivity index (χ4n) is 1.46. The van der Waals surface area contributed by atoms with Crippen molar-refractivity contribution in [3.05, 3.63) is 0 Å². The van der Waals surface area contributed by atoms with E-state index in [1.165, 1.54) is 0 Å². The highest BCUT2D eigenvalue weighted by Crippen LogP contribution is 2.12. The van der Waals surface area contributed by atoms with E-state index in [4.69, 9.17) is 0 Å². The van der Waals surface area contributed by atoms with Gasteiger partial charge in [-0.15, -0.1) is 4.48 Å². The number of piperazine rings is 1. The van der Waals surface area contributed by atoms with E-state index in [1.54, 1.807) is 0 Å². The fraction of sp³-hybridized carbons (Fsp3) is 0.500. The molecule has 0 spiro atoms. The first kappa shape index (κ1) is 10.5. The Hall–Kier alpha value is -1.56. The van der Waals surface area contributed by atoms with E-state index in [0.29, 0.717) is 0 Å². The van der Waals surface area contributed by atoms with Crippen LogP contribution in [0.5, 0.6) is 0 Å². The second kappa shape index (κ2) is 3.30. The standard InChI is InChI=1S/C8H10N2O4/c1-5(11)10(6(2)12)4-7(13)9-3-8(10)14/h3-4H2,1-2H3/p+1. The Kier molecular flexibility index (Phi) is 2.48. The number of hydrogen-bond acceptors (Lipinski definition) is 4. The van der Waals surface area contributed by atoms with Gasteiger partial charge in [-0.1, -0.05) is 0 Å². The number of carbonyl (C=O) groups excluding carboxylic acids is 4. The second-order valence-electron chi connectivity index (χ2n) is 3.18. The van der Waals surface area contributed by atoms with E-state index in [2.05, 4.69) is 5.32 Å². The van der Waals surface area contributed by atoms with E-state index in [1.807, 2.05) is 0 Å². The summed E-state index contributed by atoms with van der Waals surface area (Å²) in [6.07, 6.45) is 0. The van der Waals surface area contributed by atoms with Crippen molar-refractivity contribution in [2.24, 2.45) is 0 Å². The molecule has 1 saturated heterocycles. The Morgan fingerprint density at radius 1 is 1.21 bits per heavy atom. The van der Waals surface area contributed by atoms with Gasteiger partial charge in [-0.05, 0) is 0 Å². The van der Waals surface area contributed by atoms with Gasteiger partial charge in [0, 0.05) is 0 Å². The predicted octanol–water partition coefficient (Wildman–Crippen LogP) is -1.45. The molecule has 14 heavy (non-hydrogen) atoms. The summed E-state index contributed by atoms with van der Waals surface area (Å²) in [6, 6.07) is 0. The lowest BCUT2D eigenvalue weighted by Crippen LogP contribution is -2.68. The minimum absolute atomic E-state index is 0.266. The molecule has 76 valence electrons. The van der Waals surface area contributed by atoms with Gasteiger partial charge in [0.15, 0.2) is 6.54 Å². The third-order valence-corrected chi connectivity index (χ3v) is 2.32. The molecule has 0 aromatic heterocycles. The summed E-state index contributed by atoms with van der Waals surface area (Å²) in [4.78, 5) is 45.0. The minimum atomic E-state index is -0.994. The summed E-state index contributed by atoms with van der Waals surface area (Å²) in [5.41, 5.74) is 0. The van der Waals surface area contributed by atoms with Gasteiger partial charge >= 0.3 is 17.7 Å². The molecule has 0 aromatic carbocycles. The molecule has 1 N–H and O–H groups in total. The molecule has 0 aliphatic carbocycles. The minimum Gasteiger partial charge on any atom is -0.338 e. The lowest BCUT2D eigenvalue weighted by atomic mass is 10.2. The van der Waals surface area contributed by atoms with Gasteiger partial charge in [-0.2, -0.15) is 0 Å². The summed E-state index contributed by atoms with van der Waals surface area (Å²) in [6.45, 7) is 1.59. The third kappa shape index (κ3) is 1.33. The van der Waals surface area contributed by atoms with E-state index >= 15 is 0 Å². The molecule has 0 aromatic rings. The Labute approximate surface area is 80.5 Å². The maximum atomic E-state index is 11.5. The normalized spacial score (nSPS) is 20.1. The monoisotopic (exact) mass is 199 g/mol. The van der Waals surface area contributed by atoms with Crippen LogP contribution in [0.1, 0.15) is 13.8 Å². The number of nitrogens with one attached hydrogen (secondary N) is 1. The second-order valence-corrected chi connectivity index (χ2v) is 3.18. The average Bonchev–Trinajstić information content (AvgIpc) is 2.08. The Morgan fingerprint density at radius 2 is 1.71 bits per heavy atom. The molecule has 0 saturated carbocycles. The van der Waals surface area contributed by atoms with Gasteiger partial charge in [-0.3, -0.25) is 4.79 Å². The van der Waals surface area contributed by atoms with Crippen molar-refractivity contribution in [2.75, 3.05) is 13.1 Å². The van der Waals surface area contributed by atoms with Crippen LogP contribution in [0, 0.1) is 0 Å². The highest BCUT2D eigenvalue weighted by molar-refractivity contribution is 6.02. The zero-order chi connectivity index (χ0) is 10.9. The third-order valence-electron chi connectivity index (χ3n) is 2.32. The summed E-state index contributed by atoms with van der Waals surface area (Å²) in [5.74, 6) is -2.27. The quantitative estimate of drug-likeness (QED) is 0.484. The van der Waals surface area contributed by atoms with Crippen molar-refractivity contribution in [2.45, 2.75) is 13.8 Å². The highest BCUT2D eigenvalue weighted by atomic mass is 16.2. The molecule has 6 heteroatoms. The lowest BCUT2D eigenvalue weighted by molar-refractivity contribution is -0.694. The van der Waals surface area contributed by atoms with Gasteiger partial charge in [0.2, 0.25) is 0 Å². The molecule has 1 heterocycles. The zero-order valence-electron chi connectivity index (χ0n) is 7.99. The van der Waals surface area contributed by atoms with E-state index in [0.717, 1.165) is 13.8 Å². The van der Waals surface area contributed by atoms with Gasteiger partial charge in [0.25, 0.3) is 5.91 Å². The first-order chi connectivity index (χ1) is 6.41. The van der Waals surface area contributed by atoms with Crippen molar-refractivity contribution >= 4 is 23.6 Å². The average molecular weight is 199 g/mol. The van der Waals surface area contributed by atoms with Crippen molar-refractivity contribution < 1.29 is 23.7 Å². The fourth-order valence-corrected chi connectivity index (χ4v) is 1.46. The van der Waals surface area contributed by atoms with Gasteiger partial charge in [-0.25, -0.2) is 14.4 Å². The molecule has 1 aliphatic heterocycles. The molecule has 1 aliphatic rings. The molecule has 1 fully saturated rings. The zero-order valence-corrected chi connectivity index (χ0v) is 7.99. The summed E-state index contributed by atoms with van der Waals surface area (Å²) in [7, 11) is 0. The summed E-state index contributed by atoms with van der Waals surface area (Å²) >= 11 is 0. The van der Waals surface area contributed by atoms with Crippen molar-refractivity contribution in [1.29, 1.82) is 0 Å². The highest BCUT2D eigenvalue weighted by Gasteiger charge is 2.51. The predicted molar refractivity (Wildman–Crippen MR) is 44.5 cm³/mol. The molecule has 6 nitrogen and oxygen atoms in total. The van der Waals surface area contributed by atoms with E-state index in [9.17, 15) is 19.2 Å². The van der Waals surface area contributed by atoms with Gasteiger partial charge in [0.05, 0.1) is 13.8 Å². The lowest BCUT2D eigenvalue weighted by Gasteiger charge is -2.30. The SMILES string of the molecule is CC(=O)[N+]1(C(C)=O)CC(=O)NCC1=O. The van der Waals surface area contributed by atoms with Crippen LogP contribution in [0.25, 0.3) is 0 Å². The molecular weight excluding hydrogens is 188 g/mol. The van der Waals surface area contributed by atoms with Crippen LogP contribution in [0.3, 0.4) is 0 Å². The largest absolute Gasteiger partial charge is 0.348 e.